The van der Waals surface area contributed by atoms with Crippen LogP contribution in [0.25, 0.3) is 0 Å². The Hall–Kier alpha value is -3.27. The van der Waals surface area contributed by atoms with Crippen LogP contribution < -0.4 is 15.5 Å². The summed E-state index contributed by atoms with van der Waals surface area (Å²) in [5.74, 6) is 1.77. The molecule has 0 bridgehead atoms. The topological polar surface area (TPSA) is 93.0 Å². The van der Waals surface area contributed by atoms with Crippen LogP contribution in [0.1, 0.15) is 18.5 Å². The number of aryl methyl sites for hydroxylation is 1. The minimum atomic E-state index is -0.266. The van der Waals surface area contributed by atoms with Gasteiger partial charge in [0.2, 0.25) is 17.8 Å². The summed E-state index contributed by atoms with van der Waals surface area (Å²) < 4.78 is 20.5. The van der Waals surface area contributed by atoms with Crippen LogP contribution in [0.3, 0.4) is 0 Å². The van der Waals surface area contributed by atoms with Gasteiger partial charge in [0.15, 0.2) is 5.82 Å². The standard InChI is InChI=1S/C19H23FN8O/c1-13(14-3-5-15(20)6-4-14)22-17-24-18(23-16-11-27(2)12-21-16)26-19(25-17)28-7-9-29-10-8-28/h3-6,11-13H,7-10H2,1-2H3,(H2,22,23,24,25,26)/t13-/m0/s1. The first-order valence-electron chi connectivity index (χ1n) is 9.42. The fourth-order valence-electron chi connectivity index (χ4n) is 3.01. The number of ether oxygens (including phenoxy) is 1. The van der Waals surface area contributed by atoms with Crippen molar-refractivity contribution in [2.45, 2.75) is 13.0 Å². The molecule has 3 aromatic rings. The van der Waals surface area contributed by atoms with E-state index in [0.29, 0.717) is 50.0 Å². The summed E-state index contributed by atoms with van der Waals surface area (Å²) in [6.07, 6.45) is 3.54. The summed E-state index contributed by atoms with van der Waals surface area (Å²) in [4.78, 5) is 19.9. The number of halogens is 1. The largest absolute Gasteiger partial charge is 0.378 e. The highest BCUT2D eigenvalue weighted by Gasteiger charge is 2.18. The lowest BCUT2D eigenvalue weighted by atomic mass is 10.1. The monoisotopic (exact) mass is 398 g/mol. The maximum atomic E-state index is 13.2. The predicted molar refractivity (Wildman–Crippen MR) is 108 cm³/mol. The molecule has 1 aliphatic heterocycles. The predicted octanol–water partition coefficient (Wildman–Crippen LogP) is 2.50. The van der Waals surface area contributed by atoms with Crippen molar-refractivity contribution in [1.82, 2.24) is 24.5 Å². The first-order valence-corrected chi connectivity index (χ1v) is 9.42. The molecule has 0 aliphatic carbocycles. The third-order valence-electron chi connectivity index (χ3n) is 4.58. The van der Waals surface area contributed by atoms with Crippen molar-refractivity contribution in [2.24, 2.45) is 7.05 Å². The van der Waals surface area contributed by atoms with Crippen LogP contribution in [0.15, 0.2) is 36.8 Å². The van der Waals surface area contributed by atoms with Gasteiger partial charge >= 0.3 is 0 Å². The Kier molecular flexibility index (Phi) is 5.52. The quantitative estimate of drug-likeness (QED) is 0.654. The van der Waals surface area contributed by atoms with Crippen LogP contribution in [0.2, 0.25) is 0 Å². The molecule has 3 heterocycles. The van der Waals surface area contributed by atoms with E-state index < -0.39 is 0 Å². The molecule has 29 heavy (non-hydrogen) atoms. The maximum absolute atomic E-state index is 13.2. The Bertz CT molecular complexity index is 955. The molecule has 0 radical (unpaired) electrons. The fourth-order valence-corrected chi connectivity index (χ4v) is 3.01. The van der Waals surface area contributed by atoms with Gasteiger partial charge in [-0.1, -0.05) is 12.1 Å². The molecule has 152 valence electrons. The molecule has 1 aromatic carbocycles. The zero-order chi connectivity index (χ0) is 20.2. The number of nitrogens with one attached hydrogen (secondary N) is 2. The highest BCUT2D eigenvalue weighted by molar-refractivity contribution is 5.52. The molecule has 1 saturated heterocycles. The molecule has 0 unspecified atom stereocenters. The first-order chi connectivity index (χ1) is 14.1. The van der Waals surface area contributed by atoms with E-state index in [9.17, 15) is 4.39 Å². The zero-order valence-corrected chi connectivity index (χ0v) is 16.3. The van der Waals surface area contributed by atoms with Crippen molar-refractivity contribution in [2.75, 3.05) is 41.8 Å². The number of nitrogens with zero attached hydrogens (tertiary/aromatic N) is 6. The molecule has 0 amide bonds. The van der Waals surface area contributed by atoms with E-state index in [1.807, 2.05) is 24.7 Å². The van der Waals surface area contributed by atoms with Crippen molar-refractivity contribution in [3.63, 3.8) is 0 Å². The SMILES string of the molecule is C[C@H](Nc1nc(Nc2cn(C)cn2)nc(N2CCOCC2)n1)c1ccc(F)cc1. The number of rotatable bonds is 6. The van der Waals surface area contributed by atoms with Gasteiger partial charge in [-0.05, 0) is 24.6 Å². The molecule has 2 aromatic heterocycles. The number of imidazole rings is 1. The average molecular weight is 398 g/mol. The lowest BCUT2D eigenvalue weighted by Gasteiger charge is -2.27. The van der Waals surface area contributed by atoms with Crippen LogP contribution >= 0.6 is 0 Å². The first kappa shape index (κ1) is 19.1. The van der Waals surface area contributed by atoms with E-state index >= 15 is 0 Å². The molecule has 10 heteroatoms. The lowest BCUT2D eigenvalue weighted by molar-refractivity contribution is 0.122. The van der Waals surface area contributed by atoms with E-state index in [4.69, 9.17) is 4.74 Å². The smallest absolute Gasteiger partial charge is 0.235 e. The van der Waals surface area contributed by atoms with Crippen molar-refractivity contribution >= 4 is 23.7 Å². The van der Waals surface area contributed by atoms with Crippen molar-refractivity contribution in [3.05, 3.63) is 48.2 Å². The highest BCUT2D eigenvalue weighted by Crippen LogP contribution is 2.21. The second-order valence-electron chi connectivity index (χ2n) is 6.85. The van der Waals surface area contributed by atoms with Gasteiger partial charge in [-0.2, -0.15) is 15.0 Å². The van der Waals surface area contributed by atoms with Crippen LogP contribution in [0.5, 0.6) is 0 Å². The second kappa shape index (κ2) is 8.39. The van der Waals surface area contributed by atoms with Gasteiger partial charge in [0.25, 0.3) is 0 Å². The third-order valence-corrected chi connectivity index (χ3v) is 4.58. The Morgan fingerprint density at radius 1 is 1.07 bits per heavy atom. The van der Waals surface area contributed by atoms with Crippen LogP contribution in [0, 0.1) is 5.82 Å². The minimum Gasteiger partial charge on any atom is -0.378 e. The summed E-state index contributed by atoms with van der Waals surface area (Å²) in [7, 11) is 1.89. The highest BCUT2D eigenvalue weighted by atomic mass is 19.1. The number of morpholine rings is 1. The van der Waals surface area contributed by atoms with Gasteiger partial charge in [0.05, 0.1) is 25.6 Å². The van der Waals surface area contributed by atoms with E-state index in [1.165, 1.54) is 12.1 Å². The molecule has 9 nitrogen and oxygen atoms in total. The number of hydrogen-bond donors (Lipinski definition) is 2. The normalized spacial score (nSPS) is 15.2. The van der Waals surface area contributed by atoms with Gasteiger partial charge in [-0.15, -0.1) is 0 Å². The fraction of sp³-hybridized carbons (Fsp3) is 0.368. The van der Waals surface area contributed by atoms with Gasteiger partial charge < -0.3 is 24.8 Å². The molecule has 0 spiro atoms. The molecule has 2 N–H and O–H groups in total. The number of anilines is 4. The Morgan fingerprint density at radius 3 is 2.48 bits per heavy atom. The average Bonchev–Trinajstić information content (AvgIpc) is 3.13. The van der Waals surface area contributed by atoms with Gasteiger partial charge in [0.1, 0.15) is 5.82 Å². The molecule has 4 rings (SSSR count). The molecule has 0 saturated carbocycles. The van der Waals surface area contributed by atoms with Crippen LogP contribution in [0.4, 0.5) is 28.1 Å². The summed E-state index contributed by atoms with van der Waals surface area (Å²) in [5.41, 5.74) is 0.930. The number of benzene rings is 1. The van der Waals surface area contributed by atoms with E-state index in [-0.39, 0.29) is 11.9 Å². The summed E-state index contributed by atoms with van der Waals surface area (Å²) in [6.45, 7) is 4.64. The van der Waals surface area contributed by atoms with Gasteiger partial charge in [-0.3, -0.25) is 0 Å². The van der Waals surface area contributed by atoms with E-state index in [2.05, 4.69) is 35.5 Å². The van der Waals surface area contributed by atoms with Crippen LogP contribution in [-0.4, -0.2) is 50.8 Å². The lowest BCUT2D eigenvalue weighted by Crippen LogP contribution is -2.37. The Morgan fingerprint density at radius 2 is 1.79 bits per heavy atom. The molecule has 1 atom stereocenters. The Labute approximate surface area is 168 Å². The van der Waals surface area contributed by atoms with Crippen molar-refractivity contribution in [1.29, 1.82) is 0 Å². The summed E-state index contributed by atoms with van der Waals surface area (Å²) in [5, 5.41) is 6.40. The maximum Gasteiger partial charge on any atom is 0.235 e. The third kappa shape index (κ3) is 4.77. The summed E-state index contributed by atoms with van der Waals surface area (Å²) in [6, 6.07) is 6.24. The molecule has 1 fully saturated rings. The van der Waals surface area contributed by atoms with Crippen molar-refractivity contribution < 1.29 is 9.13 Å². The second-order valence-corrected chi connectivity index (χ2v) is 6.85. The minimum absolute atomic E-state index is 0.113. The van der Waals surface area contributed by atoms with Gasteiger partial charge in [-0.25, -0.2) is 9.37 Å². The molecular weight excluding hydrogens is 375 g/mol. The zero-order valence-electron chi connectivity index (χ0n) is 16.3. The van der Waals surface area contributed by atoms with E-state index in [0.717, 1.165) is 5.56 Å². The summed E-state index contributed by atoms with van der Waals surface area (Å²) >= 11 is 0. The Balaban J connectivity index is 1.60. The number of hydrogen-bond acceptors (Lipinski definition) is 8. The molecular formula is C19H23FN8O. The van der Waals surface area contributed by atoms with Crippen molar-refractivity contribution in [3.8, 4) is 0 Å². The number of aromatic nitrogens is 5. The van der Waals surface area contributed by atoms with Gasteiger partial charge in [0, 0.05) is 26.3 Å². The van der Waals surface area contributed by atoms with Crippen LogP contribution in [-0.2, 0) is 11.8 Å². The van der Waals surface area contributed by atoms with E-state index in [1.54, 1.807) is 18.5 Å². The molecule has 1 aliphatic rings.